The second-order valence-electron chi connectivity index (χ2n) is 7.57. The highest BCUT2D eigenvalue weighted by Crippen LogP contribution is 2.27. The van der Waals surface area contributed by atoms with Gasteiger partial charge in [0.25, 0.3) is 5.91 Å². The molecule has 1 aliphatic heterocycles. The summed E-state index contributed by atoms with van der Waals surface area (Å²) in [4.78, 5) is 25.8. The van der Waals surface area contributed by atoms with Crippen molar-refractivity contribution in [3.8, 4) is 5.75 Å². The van der Waals surface area contributed by atoms with Crippen LogP contribution in [0.15, 0.2) is 72.8 Å². The van der Waals surface area contributed by atoms with Gasteiger partial charge in [-0.3, -0.25) is 9.59 Å². The number of hydrogen-bond acceptors (Lipinski definition) is 3. The van der Waals surface area contributed by atoms with E-state index in [2.05, 4.69) is 10.7 Å². The molecule has 0 bridgehead atoms. The largest absolute Gasteiger partial charge is 0.496 e. The van der Waals surface area contributed by atoms with Crippen molar-refractivity contribution in [3.63, 3.8) is 0 Å². The highest BCUT2D eigenvalue weighted by Gasteiger charge is 2.47. The van der Waals surface area contributed by atoms with E-state index in [4.69, 9.17) is 16.3 Å². The Hall–Kier alpha value is -3.64. The summed E-state index contributed by atoms with van der Waals surface area (Å²) in [5.74, 6) is 0.0279. The number of ether oxygens (including phenoxy) is 1. The van der Waals surface area contributed by atoms with Gasteiger partial charge in [-0.2, -0.15) is 0 Å². The molecule has 32 heavy (non-hydrogen) atoms. The lowest BCUT2D eigenvalue weighted by atomic mass is 9.98. The van der Waals surface area contributed by atoms with Crippen LogP contribution in [0.25, 0.3) is 0 Å². The molecule has 0 spiro atoms. The average Bonchev–Trinajstić information content (AvgIpc) is 3.09. The number of nitrogens with one attached hydrogen (secondary N) is 2. The van der Waals surface area contributed by atoms with E-state index in [0.29, 0.717) is 16.3 Å². The molecule has 3 aromatic rings. The number of hydrazine groups is 1. The first-order valence-corrected chi connectivity index (χ1v) is 10.5. The second kappa shape index (κ2) is 9.24. The maximum Gasteiger partial charge on any atom is 0.304 e. The van der Waals surface area contributed by atoms with Gasteiger partial charge in [0.15, 0.2) is 6.04 Å². The van der Waals surface area contributed by atoms with Crippen molar-refractivity contribution in [2.24, 2.45) is 0 Å². The van der Waals surface area contributed by atoms with Gasteiger partial charge in [0.1, 0.15) is 5.75 Å². The van der Waals surface area contributed by atoms with Gasteiger partial charge in [-0.15, -0.1) is 10.1 Å². The van der Waals surface area contributed by atoms with Crippen molar-refractivity contribution in [1.29, 1.82) is 0 Å². The molecule has 1 heterocycles. The quantitative estimate of drug-likeness (QED) is 0.585. The summed E-state index contributed by atoms with van der Waals surface area (Å²) in [6, 6.07) is 20.7. The Morgan fingerprint density at radius 3 is 2.44 bits per heavy atom. The summed E-state index contributed by atoms with van der Waals surface area (Å²) in [6.07, 6.45) is 1.82. The minimum atomic E-state index is -0.799. The van der Waals surface area contributed by atoms with Gasteiger partial charge in [-0.1, -0.05) is 53.6 Å². The normalized spacial score (nSPS) is 19.0. The second-order valence-corrected chi connectivity index (χ2v) is 8.00. The molecule has 0 unspecified atom stereocenters. The summed E-state index contributed by atoms with van der Waals surface area (Å²) in [6.45, 7) is 2.00. The molecule has 2 amide bonds. The Balaban J connectivity index is 1.72. The lowest BCUT2D eigenvalue weighted by Gasteiger charge is -2.15. The number of halogens is 1. The number of nitrogens with zero attached hydrogens (tertiary/aromatic N) is 1. The first kappa shape index (κ1) is 21.6. The SMILES string of the molecule is COc1ccccc1/C=[N+]1\NC(=O)[C@H](NC(=O)c2ccc(Cl)cc2)[C@@H]1c1ccc(C)cc1. The fourth-order valence-electron chi connectivity index (χ4n) is 3.69. The van der Waals surface area contributed by atoms with Crippen molar-refractivity contribution >= 4 is 29.6 Å². The highest BCUT2D eigenvalue weighted by atomic mass is 35.5. The van der Waals surface area contributed by atoms with Crippen LogP contribution >= 0.6 is 11.6 Å². The summed E-state index contributed by atoms with van der Waals surface area (Å²) in [5, 5.41) is 3.42. The molecule has 6 nitrogen and oxygen atoms in total. The van der Waals surface area contributed by atoms with E-state index in [0.717, 1.165) is 16.7 Å². The topological polar surface area (TPSA) is 70.4 Å². The van der Waals surface area contributed by atoms with Crippen LogP contribution in [-0.4, -0.2) is 35.9 Å². The van der Waals surface area contributed by atoms with E-state index in [1.165, 1.54) is 0 Å². The van der Waals surface area contributed by atoms with Gasteiger partial charge in [0.05, 0.1) is 12.7 Å². The summed E-state index contributed by atoms with van der Waals surface area (Å²) >= 11 is 5.93. The molecule has 162 valence electrons. The van der Waals surface area contributed by atoms with Crippen molar-refractivity contribution in [2.75, 3.05) is 7.11 Å². The van der Waals surface area contributed by atoms with E-state index in [9.17, 15) is 9.59 Å². The smallest absolute Gasteiger partial charge is 0.304 e. The molecule has 0 radical (unpaired) electrons. The molecular weight excluding hydrogens is 426 g/mol. The van der Waals surface area contributed by atoms with Gasteiger partial charge in [-0.25, -0.2) is 0 Å². The zero-order chi connectivity index (χ0) is 22.7. The van der Waals surface area contributed by atoms with E-state index < -0.39 is 12.1 Å². The molecule has 3 aromatic carbocycles. The van der Waals surface area contributed by atoms with Gasteiger partial charge in [-0.05, 0) is 43.3 Å². The molecule has 2 atom stereocenters. The number of benzene rings is 3. The highest BCUT2D eigenvalue weighted by molar-refractivity contribution is 6.30. The zero-order valence-corrected chi connectivity index (χ0v) is 18.5. The van der Waals surface area contributed by atoms with Crippen LogP contribution in [0.3, 0.4) is 0 Å². The van der Waals surface area contributed by atoms with Crippen molar-refractivity contribution in [1.82, 2.24) is 10.7 Å². The lowest BCUT2D eigenvalue weighted by Crippen LogP contribution is -2.42. The van der Waals surface area contributed by atoms with Crippen LogP contribution in [0.1, 0.15) is 33.1 Å². The van der Waals surface area contributed by atoms with Crippen molar-refractivity contribution in [2.45, 2.75) is 19.0 Å². The standard InChI is InChI=1S/C25H22ClN3O3/c1-16-7-9-17(10-8-16)23-22(27-24(30)18-11-13-20(26)14-12-18)25(31)28-29(23)15-19-5-3-4-6-21(19)32-2/h3-15,22-23H,1-2H3,(H-,27,28,30,31)/p+1/b29-15-/t22-,23+/m1/s1. The summed E-state index contributed by atoms with van der Waals surface area (Å²) in [7, 11) is 1.60. The fraction of sp³-hybridized carbons (Fsp3) is 0.160. The Bertz CT molecular complexity index is 1170. The monoisotopic (exact) mass is 448 g/mol. The van der Waals surface area contributed by atoms with Gasteiger partial charge >= 0.3 is 5.91 Å². The molecule has 7 heteroatoms. The predicted octanol–water partition coefficient (Wildman–Crippen LogP) is 3.67. The minimum Gasteiger partial charge on any atom is -0.496 e. The van der Waals surface area contributed by atoms with Gasteiger partial charge in [0.2, 0.25) is 12.3 Å². The van der Waals surface area contributed by atoms with E-state index in [1.807, 2.05) is 61.7 Å². The van der Waals surface area contributed by atoms with Crippen LogP contribution in [-0.2, 0) is 4.79 Å². The van der Waals surface area contributed by atoms with Crippen LogP contribution in [0, 0.1) is 6.92 Å². The molecule has 1 saturated heterocycles. The predicted molar refractivity (Wildman–Crippen MR) is 123 cm³/mol. The number of methoxy groups -OCH3 is 1. The third-order valence-corrected chi connectivity index (χ3v) is 5.62. The maximum atomic E-state index is 13.0. The first-order chi connectivity index (χ1) is 15.5. The van der Waals surface area contributed by atoms with Gasteiger partial charge in [0, 0.05) is 16.1 Å². The van der Waals surface area contributed by atoms with Crippen molar-refractivity contribution < 1.29 is 19.0 Å². The molecule has 4 rings (SSSR count). The van der Waals surface area contributed by atoms with Crippen molar-refractivity contribution in [3.05, 3.63) is 100 Å². The Kier molecular flexibility index (Phi) is 6.23. The van der Waals surface area contributed by atoms with E-state index >= 15 is 0 Å². The molecule has 0 aromatic heterocycles. The number of hydrogen-bond donors (Lipinski definition) is 2. The third kappa shape index (κ3) is 4.50. The number of rotatable bonds is 5. The van der Waals surface area contributed by atoms with Gasteiger partial charge < -0.3 is 10.1 Å². The zero-order valence-electron chi connectivity index (χ0n) is 17.7. The van der Waals surface area contributed by atoms with E-state index in [1.54, 1.807) is 36.1 Å². The molecular formula is C25H23ClN3O3+. The molecule has 1 aliphatic rings. The molecule has 0 saturated carbocycles. The fourth-order valence-corrected chi connectivity index (χ4v) is 3.82. The number of hydrazone groups is 1. The molecule has 2 N–H and O–H groups in total. The van der Waals surface area contributed by atoms with Crippen LogP contribution < -0.4 is 15.5 Å². The third-order valence-electron chi connectivity index (χ3n) is 5.37. The maximum absolute atomic E-state index is 13.0. The minimum absolute atomic E-state index is 0.302. The van der Waals surface area contributed by atoms with Crippen LogP contribution in [0.4, 0.5) is 0 Å². The van der Waals surface area contributed by atoms with Crippen LogP contribution in [0.2, 0.25) is 5.02 Å². The first-order valence-electron chi connectivity index (χ1n) is 10.2. The number of carbonyl (C=O) groups excluding carboxylic acids is 2. The summed E-state index contributed by atoms with van der Waals surface area (Å²) in [5.41, 5.74) is 6.11. The number of amides is 2. The number of aryl methyl sites for hydroxylation is 1. The number of carbonyl (C=O) groups is 2. The molecule has 1 fully saturated rings. The Morgan fingerprint density at radius 2 is 1.75 bits per heavy atom. The van der Waals surface area contributed by atoms with E-state index in [-0.39, 0.29) is 11.8 Å². The lowest BCUT2D eigenvalue weighted by molar-refractivity contribution is -0.596. The number of para-hydroxylation sites is 1. The Labute approximate surface area is 191 Å². The average molecular weight is 449 g/mol. The summed E-state index contributed by atoms with van der Waals surface area (Å²) < 4.78 is 7.17. The Morgan fingerprint density at radius 1 is 1.06 bits per heavy atom. The van der Waals surface area contributed by atoms with Crippen LogP contribution in [0.5, 0.6) is 5.75 Å². The molecule has 0 aliphatic carbocycles.